The fourth-order valence-electron chi connectivity index (χ4n) is 2.93. The van der Waals surface area contributed by atoms with Crippen LogP contribution in [0.3, 0.4) is 0 Å². The summed E-state index contributed by atoms with van der Waals surface area (Å²) >= 11 is 0. The van der Waals surface area contributed by atoms with Gasteiger partial charge in [0.15, 0.2) is 0 Å². The predicted octanol–water partition coefficient (Wildman–Crippen LogP) is 2.85. The molecular weight excluding hydrogens is 316 g/mol. The first-order valence-electron chi connectivity index (χ1n) is 8.10. The first-order chi connectivity index (χ1) is 11.9. The van der Waals surface area contributed by atoms with E-state index in [1.807, 2.05) is 30.5 Å². The molecule has 2 aromatic heterocycles. The number of rotatable bonds is 6. The highest BCUT2D eigenvalue weighted by molar-refractivity contribution is 5.32. The highest BCUT2D eigenvalue weighted by Crippen LogP contribution is 2.21. The summed E-state index contributed by atoms with van der Waals surface area (Å²) in [5, 5.41) is 13.7. The fraction of sp³-hybridized carbons (Fsp3) is 0.263. The lowest BCUT2D eigenvalue weighted by Gasteiger charge is -2.11. The molecule has 0 saturated heterocycles. The van der Waals surface area contributed by atoms with Gasteiger partial charge in [-0.25, -0.2) is 4.98 Å². The van der Waals surface area contributed by atoms with Crippen molar-refractivity contribution in [1.29, 1.82) is 0 Å². The third kappa shape index (κ3) is 3.74. The molecule has 25 heavy (non-hydrogen) atoms. The van der Waals surface area contributed by atoms with E-state index in [-0.39, 0.29) is 5.75 Å². The fourth-order valence-corrected chi connectivity index (χ4v) is 2.93. The van der Waals surface area contributed by atoms with Crippen LogP contribution in [0.2, 0.25) is 0 Å². The van der Waals surface area contributed by atoms with Crippen LogP contribution < -0.4 is 5.73 Å². The second kappa shape index (κ2) is 6.84. The number of aromatic hydroxyl groups is 1. The monoisotopic (exact) mass is 338 g/mol. The summed E-state index contributed by atoms with van der Waals surface area (Å²) in [7, 11) is 0. The maximum absolute atomic E-state index is 9.67. The van der Waals surface area contributed by atoms with Crippen LogP contribution in [0.1, 0.15) is 34.0 Å². The number of phenols is 1. The van der Waals surface area contributed by atoms with Crippen molar-refractivity contribution in [2.75, 3.05) is 0 Å². The van der Waals surface area contributed by atoms with Crippen molar-refractivity contribution in [3.8, 4) is 5.75 Å². The molecule has 0 bridgehead atoms. The molecule has 0 atom stereocenters. The molecule has 0 amide bonds. The lowest BCUT2D eigenvalue weighted by Crippen LogP contribution is -2.10. The first kappa shape index (κ1) is 16.8. The molecule has 0 saturated carbocycles. The summed E-state index contributed by atoms with van der Waals surface area (Å²) < 4.78 is 7.29. The van der Waals surface area contributed by atoms with Gasteiger partial charge < -0.3 is 19.9 Å². The minimum absolute atomic E-state index is 0.248. The molecule has 1 aromatic carbocycles. The molecule has 0 spiro atoms. The second-order valence-corrected chi connectivity index (χ2v) is 6.25. The molecule has 2 heterocycles. The Kier molecular flexibility index (Phi) is 4.61. The summed E-state index contributed by atoms with van der Waals surface area (Å²) in [4.78, 5) is 4.58. The largest absolute Gasteiger partial charge is 0.508 e. The lowest BCUT2D eigenvalue weighted by molar-refractivity contribution is 0.392. The molecule has 6 nitrogen and oxygen atoms in total. The van der Waals surface area contributed by atoms with E-state index in [0.717, 1.165) is 34.0 Å². The molecule has 0 aliphatic rings. The standard InChI is InChI=1S/C19H22N4O2/c1-12(20)7-19-18(9-17-13(2)22-25-14(17)3)21-11-23(19)10-15-5-4-6-16(24)8-15/h4-6,8,11,24H,1,7,9-10,20H2,2-3H3. The number of hydrogen-bond donors (Lipinski definition) is 2. The molecule has 3 rings (SSSR count). The smallest absolute Gasteiger partial charge is 0.137 e. The molecule has 0 aliphatic heterocycles. The van der Waals surface area contributed by atoms with Gasteiger partial charge in [0.2, 0.25) is 0 Å². The zero-order valence-corrected chi connectivity index (χ0v) is 14.5. The lowest BCUT2D eigenvalue weighted by atomic mass is 10.1. The van der Waals surface area contributed by atoms with Crippen LogP contribution in [0.4, 0.5) is 0 Å². The molecule has 3 N–H and O–H groups in total. The molecule has 3 aromatic rings. The average Bonchev–Trinajstić information content (AvgIpc) is 3.06. The molecule has 0 fully saturated rings. The number of allylic oxidation sites excluding steroid dienone is 1. The van der Waals surface area contributed by atoms with Crippen molar-refractivity contribution in [1.82, 2.24) is 14.7 Å². The second-order valence-electron chi connectivity index (χ2n) is 6.25. The van der Waals surface area contributed by atoms with Crippen LogP contribution in [-0.2, 0) is 19.4 Å². The maximum atomic E-state index is 9.67. The molecule has 130 valence electrons. The first-order valence-corrected chi connectivity index (χ1v) is 8.10. The number of nitrogens with two attached hydrogens (primary N) is 1. The van der Waals surface area contributed by atoms with E-state index in [1.54, 1.807) is 18.5 Å². The topological polar surface area (TPSA) is 90.1 Å². The quantitative estimate of drug-likeness (QED) is 0.721. The highest BCUT2D eigenvalue weighted by Gasteiger charge is 2.17. The van der Waals surface area contributed by atoms with Crippen molar-refractivity contribution in [2.24, 2.45) is 5.73 Å². The van der Waals surface area contributed by atoms with E-state index in [0.29, 0.717) is 25.1 Å². The summed E-state index contributed by atoms with van der Waals surface area (Å²) in [5.74, 6) is 1.05. The van der Waals surface area contributed by atoms with Gasteiger partial charge in [-0.15, -0.1) is 0 Å². The Labute approximate surface area is 146 Å². The van der Waals surface area contributed by atoms with Crippen molar-refractivity contribution >= 4 is 0 Å². The maximum Gasteiger partial charge on any atom is 0.137 e. The highest BCUT2D eigenvalue weighted by atomic mass is 16.5. The molecule has 0 radical (unpaired) electrons. The Morgan fingerprint density at radius 1 is 1.36 bits per heavy atom. The molecular formula is C19H22N4O2. The molecule has 0 aliphatic carbocycles. The van der Waals surface area contributed by atoms with E-state index in [4.69, 9.17) is 10.3 Å². The van der Waals surface area contributed by atoms with Gasteiger partial charge in [0.25, 0.3) is 0 Å². The predicted molar refractivity (Wildman–Crippen MR) is 95.3 cm³/mol. The third-order valence-corrected chi connectivity index (χ3v) is 4.22. The number of phenolic OH excluding ortho intramolecular Hbond substituents is 1. The van der Waals surface area contributed by atoms with Crippen molar-refractivity contribution in [3.05, 3.63) is 76.8 Å². The Bertz CT molecular complexity index is 889. The zero-order valence-electron chi connectivity index (χ0n) is 14.5. The third-order valence-electron chi connectivity index (χ3n) is 4.22. The van der Waals surface area contributed by atoms with Gasteiger partial charge in [-0.3, -0.25) is 0 Å². The number of nitrogens with zero attached hydrogens (tertiary/aromatic N) is 3. The van der Waals surface area contributed by atoms with Crippen LogP contribution in [0.5, 0.6) is 5.75 Å². The number of aryl methyl sites for hydroxylation is 2. The Hall–Kier alpha value is -3.02. The van der Waals surface area contributed by atoms with Crippen LogP contribution in [0.25, 0.3) is 0 Å². The normalized spacial score (nSPS) is 11.0. The van der Waals surface area contributed by atoms with Crippen LogP contribution in [0.15, 0.2) is 47.4 Å². The number of benzene rings is 1. The van der Waals surface area contributed by atoms with Gasteiger partial charge >= 0.3 is 0 Å². The SMILES string of the molecule is C=C(N)Cc1c(Cc2c(C)noc2C)ncn1Cc1cccc(O)c1. The van der Waals surface area contributed by atoms with Gasteiger partial charge in [0, 0.05) is 36.3 Å². The van der Waals surface area contributed by atoms with E-state index >= 15 is 0 Å². The Morgan fingerprint density at radius 2 is 2.16 bits per heavy atom. The number of hydrogen-bond acceptors (Lipinski definition) is 5. The van der Waals surface area contributed by atoms with Crippen molar-refractivity contribution in [2.45, 2.75) is 33.2 Å². The van der Waals surface area contributed by atoms with Crippen molar-refractivity contribution in [3.63, 3.8) is 0 Å². The summed E-state index contributed by atoms with van der Waals surface area (Å²) in [5.41, 5.74) is 11.3. The van der Waals surface area contributed by atoms with Gasteiger partial charge in [0.05, 0.1) is 17.7 Å². The summed E-state index contributed by atoms with van der Waals surface area (Å²) in [6.07, 6.45) is 2.98. The summed E-state index contributed by atoms with van der Waals surface area (Å²) in [6.45, 7) is 8.27. The average molecular weight is 338 g/mol. The van der Waals surface area contributed by atoms with E-state index in [1.165, 1.54) is 0 Å². The van der Waals surface area contributed by atoms with Crippen molar-refractivity contribution < 1.29 is 9.63 Å². The van der Waals surface area contributed by atoms with Crippen LogP contribution >= 0.6 is 0 Å². The van der Waals surface area contributed by atoms with E-state index in [9.17, 15) is 5.11 Å². The minimum Gasteiger partial charge on any atom is -0.508 e. The van der Waals surface area contributed by atoms with E-state index in [2.05, 4.69) is 16.7 Å². The molecule has 6 heteroatoms. The Balaban J connectivity index is 1.94. The van der Waals surface area contributed by atoms with Crippen LogP contribution in [-0.4, -0.2) is 19.8 Å². The minimum atomic E-state index is 0.248. The number of aromatic nitrogens is 3. The van der Waals surface area contributed by atoms with Crippen LogP contribution in [0, 0.1) is 13.8 Å². The van der Waals surface area contributed by atoms with Gasteiger partial charge in [-0.1, -0.05) is 23.9 Å². The summed E-state index contributed by atoms with van der Waals surface area (Å²) in [6, 6.07) is 7.20. The van der Waals surface area contributed by atoms with Gasteiger partial charge in [-0.05, 0) is 31.5 Å². The zero-order chi connectivity index (χ0) is 18.0. The Morgan fingerprint density at radius 3 is 2.80 bits per heavy atom. The van der Waals surface area contributed by atoms with Gasteiger partial charge in [0.1, 0.15) is 11.5 Å². The number of imidazole rings is 1. The molecule has 0 unspecified atom stereocenters. The van der Waals surface area contributed by atoms with Gasteiger partial charge in [-0.2, -0.15) is 0 Å². The van der Waals surface area contributed by atoms with E-state index < -0.39 is 0 Å².